The highest BCUT2D eigenvalue weighted by molar-refractivity contribution is 9.10. The van der Waals surface area contributed by atoms with E-state index < -0.39 is 6.10 Å². The van der Waals surface area contributed by atoms with Gasteiger partial charge in [-0.3, -0.25) is 4.79 Å². The Morgan fingerprint density at radius 2 is 1.67 bits per heavy atom. The maximum Gasteiger partial charge on any atom is 0.264 e. The Hall–Kier alpha value is -1.81. The predicted molar refractivity (Wildman–Crippen MR) is 101 cm³/mol. The summed E-state index contributed by atoms with van der Waals surface area (Å²) in [6, 6.07) is 17.5. The van der Waals surface area contributed by atoms with Crippen LogP contribution in [-0.2, 0) is 11.3 Å². The fourth-order valence-corrected chi connectivity index (χ4v) is 2.66. The van der Waals surface area contributed by atoms with E-state index in [1.807, 2.05) is 80.3 Å². The van der Waals surface area contributed by atoms with Crippen molar-refractivity contribution in [3.05, 3.63) is 64.6 Å². The number of halogens is 1. The lowest BCUT2D eigenvalue weighted by Crippen LogP contribution is -2.50. The lowest BCUT2D eigenvalue weighted by Gasteiger charge is -2.37. The highest BCUT2D eigenvalue weighted by atomic mass is 79.9. The van der Waals surface area contributed by atoms with E-state index in [1.165, 1.54) is 0 Å². The summed E-state index contributed by atoms with van der Waals surface area (Å²) in [5.41, 5.74) is 0.821. The Morgan fingerprint density at radius 1 is 1.08 bits per heavy atom. The van der Waals surface area contributed by atoms with Crippen LogP contribution < -0.4 is 4.74 Å². The molecule has 0 aliphatic heterocycles. The first kappa shape index (κ1) is 18.5. The van der Waals surface area contributed by atoms with E-state index in [2.05, 4.69) is 15.9 Å². The zero-order valence-electron chi connectivity index (χ0n) is 14.6. The molecule has 3 nitrogen and oxygen atoms in total. The van der Waals surface area contributed by atoms with Gasteiger partial charge in [0.05, 0.1) is 0 Å². The van der Waals surface area contributed by atoms with Crippen molar-refractivity contribution in [2.24, 2.45) is 0 Å². The summed E-state index contributed by atoms with van der Waals surface area (Å²) >= 11 is 3.40. The van der Waals surface area contributed by atoms with E-state index in [1.54, 1.807) is 6.92 Å². The SMILES string of the molecule is C[C@H](Oc1ccc(Br)cc1)C(=O)N(Cc1ccccc1)C(C)(C)C. The standard InChI is InChI=1S/C20H24BrNO2/c1-15(24-18-12-10-17(21)11-13-18)19(23)22(20(2,3)4)14-16-8-6-5-7-9-16/h5-13,15H,14H2,1-4H3/t15-/m0/s1. The normalized spacial score (nSPS) is 12.5. The summed E-state index contributed by atoms with van der Waals surface area (Å²) in [7, 11) is 0. The Labute approximate surface area is 152 Å². The van der Waals surface area contributed by atoms with Gasteiger partial charge in [-0.2, -0.15) is 0 Å². The third kappa shape index (κ3) is 5.10. The van der Waals surface area contributed by atoms with E-state index in [0.29, 0.717) is 12.3 Å². The maximum absolute atomic E-state index is 13.0. The molecule has 4 heteroatoms. The molecule has 0 radical (unpaired) electrons. The Balaban J connectivity index is 2.13. The highest BCUT2D eigenvalue weighted by Gasteiger charge is 2.30. The maximum atomic E-state index is 13.0. The minimum Gasteiger partial charge on any atom is -0.481 e. The lowest BCUT2D eigenvalue weighted by atomic mass is 10.0. The van der Waals surface area contributed by atoms with Crippen LogP contribution in [0.1, 0.15) is 33.3 Å². The van der Waals surface area contributed by atoms with Crippen LogP contribution >= 0.6 is 15.9 Å². The second-order valence-electron chi connectivity index (χ2n) is 6.79. The number of rotatable bonds is 5. The zero-order valence-corrected chi connectivity index (χ0v) is 16.2. The molecule has 2 aromatic rings. The van der Waals surface area contributed by atoms with Crippen LogP contribution in [0.25, 0.3) is 0 Å². The molecule has 2 rings (SSSR count). The van der Waals surface area contributed by atoms with Crippen molar-refractivity contribution < 1.29 is 9.53 Å². The van der Waals surface area contributed by atoms with Crippen LogP contribution in [-0.4, -0.2) is 22.4 Å². The van der Waals surface area contributed by atoms with Crippen LogP contribution in [0.5, 0.6) is 5.75 Å². The Kier molecular flexibility index (Phi) is 6.05. The molecule has 0 saturated carbocycles. The molecule has 24 heavy (non-hydrogen) atoms. The number of carbonyl (C=O) groups excluding carboxylic acids is 1. The predicted octanol–water partition coefficient (Wildman–Crippen LogP) is 5.04. The smallest absolute Gasteiger partial charge is 0.264 e. The van der Waals surface area contributed by atoms with Crippen LogP contribution in [0.15, 0.2) is 59.1 Å². The van der Waals surface area contributed by atoms with Crippen molar-refractivity contribution in [2.45, 2.75) is 45.9 Å². The fourth-order valence-electron chi connectivity index (χ4n) is 2.40. The van der Waals surface area contributed by atoms with Gasteiger partial charge in [0.2, 0.25) is 0 Å². The second kappa shape index (κ2) is 7.84. The molecule has 0 spiro atoms. The van der Waals surface area contributed by atoms with Crippen LogP contribution in [0.2, 0.25) is 0 Å². The van der Waals surface area contributed by atoms with E-state index in [-0.39, 0.29) is 11.4 Å². The molecule has 0 aliphatic rings. The molecule has 0 N–H and O–H groups in total. The van der Waals surface area contributed by atoms with E-state index in [9.17, 15) is 4.79 Å². The van der Waals surface area contributed by atoms with Gasteiger partial charge in [-0.15, -0.1) is 0 Å². The highest BCUT2D eigenvalue weighted by Crippen LogP contribution is 2.22. The van der Waals surface area contributed by atoms with Crippen LogP contribution in [0.4, 0.5) is 0 Å². The molecule has 1 atom stereocenters. The first-order chi connectivity index (χ1) is 11.3. The minimum atomic E-state index is -0.547. The molecule has 2 aromatic carbocycles. The largest absolute Gasteiger partial charge is 0.481 e. The van der Waals surface area contributed by atoms with E-state index >= 15 is 0 Å². The number of amides is 1. The third-order valence-electron chi connectivity index (χ3n) is 3.73. The van der Waals surface area contributed by atoms with Gasteiger partial charge in [-0.1, -0.05) is 46.3 Å². The summed E-state index contributed by atoms with van der Waals surface area (Å²) in [6.45, 7) is 8.49. The van der Waals surface area contributed by atoms with Gasteiger partial charge in [0, 0.05) is 16.6 Å². The van der Waals surface area contributed by atoms with Gasteiger partial charge >= 0.3 is 0 Å². The van der Waals surface area contributed by atoms with Crippen molar-refractivity contribution in [3.63, 3.8) is 0 Å². The lowest BCUT2D eigenvalue weighted by molar-refractivity contribution is -0.143. The molecule has 0 aliphatic carbocycles. The molecule has 0 saturated heterocycles. The minimum absolute atomic E-state index is 0.0192. The van der Waals surface area contributed by atoms with Gasteiger partial charge in [0.1, 0.15) is 5.75 Å². The second-order valence-corrected chi connectivity index (χ2v) is 7.71. The van der Waals surface area contributed by atoms with Gasteiger partial charge in [0.15, 0.2) is 6.10 Å². The summed E-state index contributed by atoms with van der Waals surface area (Å²) in [6.07, 6.45) is -0.547. The molecular weight excluding hydrogens is 366 g/mol. The fraction of sp³-hybridized carbons (Fsp3) is 0.350. The third-order valence-corrected chi connectivity index (χ3v) is 4.26. The van der Waals surface area contributed by atoms with Gasteiger partial charge in [-0.05, 0) is 57.5 Å². The van der Waals surface area contributed by atoms with Crippen LogP contribution in [0, 0.1) is 0 Å². The quantitative estimate of drug-likeness (QED) is 0.716. The van der Waals surface area contributed by atoms with E-state index in [0.717, 1.165) is 10.0 Å². The van der Waals surface area contributed by atoms with Crippen molar-refractivity contribution in [2.75, 3.05) is 0 Å². The molecule has 0 unspecified atom stereocenters. The van der Waals surface area contributed by atoms with Crippen molar-refractivity contribution in [1.29, 1.82) is 0 Å². The number of ether oxygens (including phenoxy) is 1. The van der Waals surface area contributed by atoms with E-state index in [4.69, 9.17) is 4.74 Å². The molecule has 0 bridgehead atoms. The number of hydrogen-bond donors (Lipinski definition) is 0. The van der Waals surface area contributed by atoms with Crippen molar-refractivity contribution >= 4 is 21.8 Å². The Bertz CT molecular complexity index is 662. The first-order valence-corrected chi connectivity index (χ1v) is 8.84. The van der Waals surface area contributed by atoms with Gasteiger partial charge in [0.25, 0.3) is 5.91 Å². The molecule has 0 heterocycles. The summed E-state index contributed by atoms with van der Waals surface area (Å²) in [5.74, 6) is 0.668. The number of hydrogen-bond acceptors (Lipinski definition) is 2. The molecule has 1 amide bonds. The van der Waals surface area contributed by atoms with Gasteiger partial charge in [-0.25, -0.2) is 0 Å². The number of carbonyl (C=O) groups is 1. The summed E-state index contributed by atoms with van der Waals surface area (Å²) < 4.78 is 6.81. The zero-order chi connectivity index (χ0) is 17.7. The Morgan fingerprint density at radius 3 is 2.21 bits per heavy atom. The summed E-state index contributed by atoms with van der Waals surface area (Å²) in [4.78, 5) is 14.8. The molecule has 0 aromatic heterocycles. The topological polar surface area (TPSA) is 29.5 Å². The first-order valence-electron chi connectivity index (χ1n) is 8.05. The molecule has 0 fully saturated rings. The average Bonchev–Trinajstić information content (AvgIpc) is 2.54. The number of nitrogens with zero attached hydrogens (tertiary/aromatic N) is 1. The van der Waals surface area contributed by atoms with Gasteiger partial charge < -0.3 is 9.64 Å². The molecular formula is C20H24BrNO2. The van der Waals surface area contributed by atoms with Crippen molar-refractivity contribution in [3.8, 4) is 5.75 Å². The monoisotopic (exact) mass is 389 g/mol. The van der Waals surface area contributed by atoms with Crippen molar-refractivity contribution in [1.82, 2.24) is 4.90 Å². The van der Waals surface area contributed by atoms with Crippen LogP contribution in [0.3, 0.4) is 0 Å². The average molecular weight is 390 g/mol. The summed E-state index contributed by atoms with van der Waals surface area (Å²) in [5, 5.41) is 0. The number of benzene rings is 2. The molecule has 128 valence electrons.